The molecule has 0 spiro atoms. The van der Waals surface area contributed by atoms with E-state index in [2.05, 4.69) is 46.6 Å². The zero-order valence-electron chi connectivity index (χ0n) is 26.1. The van der Waals surface area contributed by atoms with Crippen molar-refractivity contribution in [3.63, 3.8) is 0 Å². The van der Waals surface area contributed by atoms with E-state index >= 15 is 0 Å². The molecule has 0 aromatic heterocycles. The Balaban J connectivity index is 0. The van der Waals surface area contributed by atoms with Crippen molar-refractivity contribution in [3.8, 4) is 0 Å². The summed E-state index contributed by atoms with van der Waals surface area (Å²) >= 11 is 0. The fourth-order valence-corrected chi connectivity index (χ4v) is 26.7. The van der Waals surface area contributed by atoms with Gasteiger partial charge in [0.15, 0.2) is 0 Å². The molecule has 11 atom stereocenters. The van der Waals surface area contributed by atoms with Crippen LogP contribution in [0.4, 0.5) is 0 Å². The maximum absolute atomic E-state index is 2.91. The quantitative estimate of drug-likeness (QED) is 0.198. The van der Waals surface area contributed by atoms with Crippen LogP contribution in [0.1, 0.15) is 84.5 Å². The molecule has 0 nitrogen and oxygen atoms in total. The van der Waals surface area contributed by atoms with Crippen LogP contribution in [0.3, 0.4) is 0 Å². The zero-order chi connectivity index (χ0) is 21.6. The Bertz CT molecular complexity index is 576. The van der Waals surface area contributed by atoms with Crippen LogP contribution in [0.25, 0.3) is 0 Å². The number of rotatable bonds is 7. The largest absolute Gasteiger partial charge is 4.00 e. The van der Waals surface area contributed by atoms with Gasteiger partial charge in [0.05, 0.1) is 0 Å². The predicted molar refractivity (Wildman–Crippen MR) is 169 cm³/mol. The van der Waals surface area contributed by atoms with Gasteiger partial charge < -0.3 is 29.7 Å². The number of fused-ring (bicyclic) bond motifs is 2. The van der Waals surface area contributed by atoms with Gasteiger partial charge in [-0.25, -0.2) is 0 Å². The van der Waals surface area contributed by atoms with E-state index in [-0.39, 0.29) is 55.9 Å². The monoisotopic (exact) mass is 612 g/mol. The minimum atomic E-state index is -1.07. The Morgan fingerprint density at radius 2 is 1.43 bits per heavy atom. The SMILES string of the molecule is CCCCC1CCC([SiH](C)[SiH](C)C2C(C)CC3C2CC2CCCC2C3[Si](C)(C)C)C1.[CH3-].[CH3-].[CH3-].[CH3-].[Zr+4]. The molecule has 0 aliphatic heterocycles. The number of hydrogen-bond acceptors (Lipinski definition) is 0. The van der Waals surface area contributed by atoms with Gasteiger partial charge in [0.1, 0.15) is 0 Å². The first-order valence-electron chi connectivity index (χ1n) is 14.2. The van der Waals surface area contributed by atoms with Crippen LogP contribution in [0, 0.1) is 65.2 Å². The van der Waals surface area contributed by atoms with Crippen molar-refractivity contribution in [1.29, 1.82) is 0 Å². The minimum Gasteiger partial charge on any atom is -0.358 e. The third-order valence-corrected chi connectivity index (χ3v) is 28.2. The Labute approximate surface area is 248 Å². The van der Waals surface area contributed by atoms with Crippen LogP contribution in [-0.4, -0.2) is 24.7 Å². The second-order valence-electron chi connectivity index (χ2n) is 13.9. The normalized spacial score (nSPS) is 39.3. The summed E-state index contributed by atoms with van der Waals surface area (Å²) < 4.78 is 0. The topological polar surface area (TPSA) is 0 Å². The van der Waals surface area contributed by atoms with Crippen molar-refractivity contribution >= 4 is 24.7 Å². The first-order chi connectivity index (χ1) is 14.2. The molecule has 0 amide bonds. The molecule has 35 heavy (non-hydrogen) atoms. The van der Waals surface area contributed by atoms with Crippen LogP contribution >= 0.6 is 0 Å². The third-order valence-electron chi connectivity index (χ3n) is 11.3. The molecule has 0 N–H and O–H groups in total. The van der Waals surface area contributed by atoms with Gasteiger partial charge in [-0.2, -0.15) is 0 Å². The summed E-state index contributed by atoms with van der Waals surface area (Å²) in [6.45, 7) is 19.1. The molecule has 0 heterocycles. The molecule has 4 heteroatoms. The van der Waals surface area contributed by atoms with Crippen LogP contribution in [-0.2, 0) is 26.2 Å². The van der Waals surface area contributed by atoms with E-state index in [9.17, 15) is 0 Å². The summed E-state index contributed by atoms with van der Waals surface area (Å²) in [6.07, 6.45) is 17.4. The molecule has 206 valence electrons. The van der Waals surface area contributed by atoms with Crippen LogP contribution in [0.15, 0.2) is 0 Å². The van der Waals surface area contributed by atoms with Gasteiger partial charge in [-0.3, -0.25) is 0 Å². The fourth-order valence-electron chi connectivity index (χ4n) is 10.0. The van der Waals surface area contributed by atoms with Crippen molar-refractivity contribution in [3.05, 3.63) is 29.7 Å². The summed E-state index contributed by atoms with van der Waals surface area (Å²) in [5, 5.41) is 0. The average molecular weight is 614 g/mol. The molecule has 0 bridgehead atoms. The van der Waals surface area contributed by atoms with Gasteiger partial charge in [0.25, 0.3) is 0 Å². The van der Waals surface area contributed by atoms with Gasteiger partial charge in [0.2, 0.25) is 0 Å². The Morgan fingerprint density at radius 3 is 2.03 bits per heavy atom. The number of unbranched alkanes of at least 4 members (excludes halogenated alkanes) is 1. The molecular weight excluding hydrogens is 548 g/mol. The van der Waals surface area contributed by atoms with E-state index in [1.54, 1.807) is 57.8 Å². The van der Waals surface area contributed by atoms with Crippen molar-refractivity contribution in [2.24, 2.45) is 35.5 Å². The molecular formula is C31H66Si3Zr. The van der Waals surface area contributed by atoms with Crippen molar-refractivity contribution < 1.29 is 26.2 Å². The fraction of sp³-hybridized carbons (Fsp3) is 0.871. The summed E-state index contributed by atoms with van der Waals surface area (Å²) in [4.78, 5) is 0. The van der Waals surface area contributed by atoms with Crippen molar-refractivity contribution in [2.45, 2.75) is 134 Å². The Kier molecular flexibility index (Phi) is 17.6. The third kappa shape index (κ3) is 8.03. The second kappa shape index (κ2) is 16.0. The Morgan fingerprint density at radius 1 is 0.771 bits per heavy atom. The van der Waals surface area contributed by atoms with E-state index in [1.807, 2.05) is 0 Å². The van der Waals surface area contributed by atoms with E-state index in [1.165, 1.54) is 35.4 Å². The molecule has 4 fully saturated rings. The predicted octanol–water partition coefficient (Wildman–Crippen LogP) is 10.1. The van der Waals surface area contributed by atoms with Gasteiger partial charge in [-0.1, -0.05) is 110 Å². The van der Waals surface area contributed by atoms with Crippen LogP contribution in [0.5, 0.6) is 0 Å². The molecule has 11 unspecified atom stereocenters. The van der Waals surface area contributed by atoms with Gasteiger partial charge in [-0.05, 0) is 59.4 Å². The summed E-state index contributed by atoms with van der Waals surface area (Å²) in [5.74, 6) is 6.79. The zero-order valence-corrected chi connectivity index (χ0v) is 31.9. The Hall–Kier alpha value is 1.53. The first kappa shape index (κ1) is 38.7. The minimum absolute atomic E-state index is 0. The average Bonchev–Trinajstić information content (AvgIpc) is 3.40. The van der Waals surface area contributed by atoms with Crippen LogP contribution < -0.4 is 0 Å². The van der Waals surface area contributed by atoms with Gasteiger partial charge in [-0.15, -0.1) is 0 Å². The van der Waals surface area contributed by atoms with E-state index < -0.39 is 24.7 Å². The van der Waals surface area contributed by atoms with E-state index in [0.29, 0.717) is 0 Å². The molecule has 4 saturated carbocycles. The molecule has 0 aromatic rings. The molecule has 4 aliphatic rings. The summed E-state index contributed by atoms with van der Waals surface area (Å²) in [5.41, 5.74) is 3.63. The second-order valence-corrected chi connectivity index (χ2v) is 30.8. The first-order valence-corrected chi connectivity index (χ1v) is 24.1. The van der Waals surface area contributed by atoms with Crippen LogP contribution in [0.2, 0.25) is 49.4 Å². The molecule has 0 radical (unpaired) electrons. The van der Waals surface area contributed by atoms with E-state index in [0.717, 1.165) is 29.6 Å². The van der Waals surface area contributed by atoms with Gasteiger partial charge >= 0.3 is 26.2 Å². The van der Waals surface area contributed by atoms with Gasteiger partial charge in [0, 0.05) is 24.7 Å². The maximum atomic E-state index is 2.91. The van der Waals surface area contributed by atoms with Crippen molar-refractivity contribution in [1.82, 2.24) is 0 Å². The molecule has 0 saturated heterocycles. The summed E-state index contributed by atoms with van der Waals surface area (Å²) in [6, 6.07) is 0. The maximum Gasteiger partial charge on any atom is 4.00 e. The standard InChI is InChI=1S/C27H54Si3.4CH3.Zr/c1-8-9-11-20-14-15-22(17-20)28(3)29(4)26-19(2)16-25-24(26)18-21-12-10-13-23(21)27(25)30(5,6)7;;;;;/h19-29H,8-18H2,1-7H3;4*1H3;/q;4*-1;+4. The molecule has 4 aliphatic carbocycles. The van der Waals surface area contributed by atoms with Crippen molar-refractivity contribution in [2.75, 3.05) is 0 Å². The number of hydrogen-bond donors (Lipinski definition) is 0. The molecule has 4 rings (SSSR count). The smallest absolute Gasteiger partial charge is 0.358 e. The van der Waals surface area contributed by atoms with E-state index in [4.69, 9.17) is 0 Å². The molecule has 0 aromatic carbocycles. The summed E-state index contributed by atoms with van der Waals surface area (Å²) in [7, 11) is -2.16.